The second-order valence-electron chi connectivity index (χ2n) is 6.08. The van der Waals surface area contributed by atoms with Gasteiger partial charge in [-0.1, -0.05) is 0 Å². The first-order valence-electron chi connectivity index (χ1n) is 8.61. The average molecular weight is 499 g/mol. The first kappa shape index (κ1) is 28.2. The van der Waals surface area contributed by atoms with Gasteiger partial charge in [0.05, 0.1) is 12.9 Å². The normalized spacial score (nSPS) is 21.9. The predicted molar refractivity (Wildman–Crippen MR) is 102 cm³/mol. The molecular weight excluding hydrogens is 477 g/mol. The summed E-state index contributed by atoms with van der Waals surface area (Å²) in [7, 11) is -4.72. The Bertz CT molecular complexity index is 968. The second-order valence-corrected chi connectivity index (χ2v) is 7.32. The number of phosphoric ester groups is 1. The molecular formula is C14H22N5O13P. The SMILES string of the molecule is CC(=O)OO.CC(=O)OO.Nc1ncnc2c1ncn2[C@@H]1O[C@H](COP(=O)(O)O)[C@@H](O)[C@H]1O. The number of phosphoric acid groups is 1. The fraction of sp³-hybridized carbons (Fsp3) is 0.500. The van der Waals surface area contributed by atoms with Crippen LogP contribution in [0.1, 0.15) is 20.1 Å². The number of carbonyl (C=O) groups excluding carboxylic acids is 2. The van der Waals surface area contributed by atoms with E-state index in [2.05, 4.69) is 29.3 Å². The summed E-state index contributed by atoms with van der Waals surface area (Å²) in [6, 6.07) is 0. The third-order valence-corrected chi connectivity index (χ3v) is 4.15. The number of anilines is 1. The number of carbonyl (C=O) groups is 2. The van der Waals surface area contributed by atoms with Crippen LogP contribution in [0.15, 0.2) is 12.7 Å². The molecule has 0 aromatic carbocycles. The van der Waals surface area contributed by atoms with E-state index in [1.807, 2.05) is 0 Å². The van der Waals surface area contributed by atoms with Gasteiger partial charge in [-0.2, -0.15) is 10.5 Å². The molecule has 2 aromatic rings. The highest BCUT2D eigenvalue weighted by molar-refractivity contribution is 7.46. The maximum absolute atomic E-state index is 10.7. The Hall–Kier alpha value is -2.80. The van der Waals surface area contributed by atoms with Gasteiger partial charge >= 0.3 is 19.8 Å². The van der Waals surface area contributed by atoms with Gasteiger partial charge in [0, 0.05) is 13.8 Å². The van der Waals surface area contributed by atoms with E-state index in [0.717, 1.165) is 13.8 Å². The quantitative estimate of drug-likeness (QED) is 0.138. The van der Waals surface area contributed by atoms with Crippen molar-refractivity contribution in [2.75, 3.05) is 12.3 Å². The Balaban J connectivity index is 0.000000460. The van der Waals surface area contributed by atoms with Crippen LogP contribution in [0.4, 0.5) is 5.82 Å². The third kappa shape index (κ3) is 8.57. The highest BCUT2D eigenvalue weighted by Gasteiger charge is 2.45. The van der Waals surface area contributed by atoms with Crippen LogP contribution in [0, 0.1) is 0 Å². The van der Waals surface area contributed by atoms with Crippen molar-refractivity contribution < 1.29 is 63.7 Å². The molecule has 1 fully saturated rings. The Morgan fingerprint density at radius 2 is 1.67 bits per heavy atom. The number of imidazole rings is 1. The smallest absolute Gasteiger partial charge is 0.387 e. The lowest BCUT2D eigenvalue weighted by Gasteiger charge is -2.16. The maximum Gasteiger partial charge on any atom is 0.469 e. The first-order chi connectivity index (χ1) is 15.3. The fourth-order valence-corrected chi connectivity index (χ4v) is 2.66. The van der Waals surface area contributed by atoms with Crippen molar-refractivity contribution in [1.29, 1.82) is 0 Å². The molecule has 1 aliphatic rings. The lowest BCUT2D eigenvalue weighted by molar-refractivity contribution is -0.231. The number of ether oxygens (including phenoxy) is 1. The summed E-state index contributed by atoms with van der Waals surface area (Å²) in [5, 5.41) is 34.6. The van der Waals surface area contributed by atoms with Crippen molar-refractivity contribution in [3.63, 3.8) is 0 Å². The van der Waals surface area contributed by atoms with Crippen molar-refractivity contribution >= 4 is 36.7 Å². The molecule has 186 valence electrons. The number of hydrogen-bond donors (Lipinski definition) is 7. The van der Waals surface area contributed by atoms with Gasteiger partial charge < -0.3 is 40.2 Å². The molecule has 0 saturated carbocycles. The van der Waals surface area contributed by atoms with Crippen molar-refractivity contribution in [2.45, 2.75) is 38.4 Å². The number of aliphatic hydroxyl groups excluding tert-OH is 2. The minimum atomic E-state index is -4.72. The van der Waals surface area contributed by atoms with Gasteiger partial charge in [-0.05, 0) is 0 Å². The summed E-state index contributed by atoms with van der Waals surface area (Å²) < 4.78 is 21.8. The summed E-state index contributed by atoms with van der Waals surface area (Å²) in [5.74, 6) is -1.24. The molecule has 0 aliphatic carbocycles. The monoisotopic (exact) mass is 499 g/mol. The van der Waals surface area contributed by atoms with E-state index in [1.165, 1.54) is 17.2 Å². The van der Waals surface area contributed by atoms with E-state index < -0.39 is 50.9 Å². The minimum Gasteiger partial charge on any atom is -0.387 e. The van der Waals surface area contributed by atoms with Crippen LogP contribution < -0.4 is 5.73 Å². The molecule has 18 nitrogen and oxygen atoms in total. The zero-order valence-corrected chi connectivity index (χ0v) is 17.9. The number of hydrogen-bond acceptors (Lipinski definition) is 15. The summed E-state index contributed by atoms with van der Waals surface area (Å²) in [6.07, 6.45) is -2.49. The molecule has 1 saturated heterocycles. The number of aromatic nitrogens is 4. The fourth-order valence-electron chi connectivity index (χ4n) is 2.32. The Kier molecular flexibility index (Phi) is 10.6. The number of rotatable bonds is 4. The van der Waals surface area contributed by atoms with Gasteiger partial charge in [0.15, 0.2) is 17.7 Å². The largest absolute Gasteiger partial charge is 0.469 e. The third-order valence-electron chi connectivity index (χ3n) is 3.66. The summed E-state index contributed by atoms with van der Waals surface area (Å²) in [4.78, 5) is 54.1. The topological polar surface area (TPSA) is 279 Å². The molecule has 8 N–H and O–H groups in total. The van der Waals surface area contributed by atoms with Gasteiger partial charge in [-0.25, -0.2) is 29.1 Å². The van der Waals surface area contributed by atoms with Gasteiger partial charge in [0.25, 0.3) is 0 Å². The van der Waals surface area contributed by atoms with E-state index in [9.17, 15) is 24.4 Å². The molecule has 0 amide bonds. The molecule has 4 atom stereocenters. The number of nitrogen functional groups attached to an aromatic ring is 1. The summed E-state index contributed by atoms with van der Waals surface area (Å²) >= 11 is 0. The zero-order valence-electron chi connectivity index (χ0n) is 17.0. The van der Waals surface area contributed by atoms with Crippen LogP contribution in [0.3, 0.4) is 0 Å². The van der Waals surface area contributed by atoms with Gasteiger partial charge in [-0.15, -0.1) is 0 Å². The molecule has 0 spiro atoms. The number of fused-ring (bicyclic) bond motifs is 1. The Morgan fingerprint density at radius 3 is 2.15 bits per heavy atom. The average Bonchev–Trinajstić information content (AvgIpc) is 3.29. The molecule has 0 radical (unpaired) electrons. The maximum atomic E-state index is 10.7. The number of nitrogens with two attached hydrogens (primary N) is 1. The predicted octanol–water partition coefficient (Wildman–Crippen LogP) is -1.82. The molecule has 3 rings (SSSR count). The van der Waals surface area contributed by atoms with Crippen molar-refractivity contribution in [3.05, 3.63) is 12.7 Å². The Labute approximate surface area is 184 Å². The number of nitrogens with zero attached hydrogens (tertiary/aromatic N) is 4. The van der Waals surface area contributed by atoms with E-state index in [4.69, 9.17) is 30.8 Å². The van der Waals surface area contributed by atoms with Crippen LogP contribution in [-0.2, 0) is 33.2 Å². The minimum absolute atomic E-state index is 0.142. The van der Waals surface area contributed by atoms with Crippen molar-refractivity contribution in [2.24, 2.45) is 0 Å². The molecule has 19 heteroatoms. The van der Waals surface area contributed by atoms with Crippen molar-refractivity contribution in [1.82, 2.24) is 19.5 Å². The first-order valence-corrected chi connectivity index (χ1v) is 10.1. The van der Waals surface area contributed by atoms with Crippen LogP contribution in [0.5, 0.6) is 0 Å². The molecule has 33 heavy (non-hydrogen) atoms. The van der Waals surface area contributed by atoms with Crippen LogP contribution in [-0.4, -0.2) is 86.9 Å². The van der Waals surface area contributed by atoms with Gasteiger partial charge in [0.2, 0.25) is 0 Å². The van der Waals surface area contributed by atoms with E-state index in [0.29, 0.717) is 5.52 Å². The van der Waals surface area contributed by atoms with Crippen LogP contribution in [0.25, 0.3) is 11.2 Å². The van der Waals surface area contributed by atoms with Gasteiger partial charge in [0.1, 0.15) is 30.2 Å². The Morgan fingerprint density at radius 1 is 1.12 bits per heavy atom. The summed E-state index contributed by atoms with van der Waals surface area (Å²) in [5.41, 5.74) is 6.25. The van der Waals surface area contributed by atoms with Crippen LogP contribution in [0.2, 0.25) is 0 Å². The van der Waals surface area contributed by atoms with E-state index in [1.54, 1.807) is 0 Å². The highest BCUT2D eigenvalue weighted by Crippen LogP contribution is 2.38. The zero-order chi connectivity index (χ0) is 25.3. The molecule has 1 aliphatic heterocycles. The lowest BCUT2D eigenvalue weighted by Crippen LogP contribution is -2.33. The lowest BCUT2D eigenvalue weighted by atomic mass is 10.1. The van der Waals surface area contributed by atoms with Crippen LogP contribution >= 0.6 is 7.82 Å². The van der Waals surface area contributed by atoms with E-state index in [-0.39, 0.29) is 11.5 Å². The molecule has 0 bridgehead atoms. The molecule has 3 heterocycles. The highest BCUT2D eigenvalue weighted by atomic mass is 31.2. The number of aliphatic hydroxyl groups is 2. The standard InChI is InChI=1S/C10H14N5O7P.2C2H4O3/c11-8-5-9(13-2-12-8)15(3-14-5)10-7(17)6(16)4(22-10)1-21-23(18,19)20;2*1-2(3)5-4/h2-4,6-7,10,16-17H,1H2,(H2,11,12,13)(H2,18,19,20);2*4H,1H3/t4-,6-,7-,10-;;/m1../s1. The summed E-state index contributed by atoms with van der Waals surface area (Å²) in [6.45, 7) is 1.63. The van der Waals surface area contributed by atoms with E-state index >= 15 is 0 Å². The molecule has 2 aromatic heterocycles. The second kappa shape index (κ2) is 12.4. The van der Waals surface area contributed by atoms with Gasteiger partial charge in [-0.3, -0.25) is 9.09 Å². The molecule has 0 unspecified atom stereocenters. The van der Waals surface area contributed by atoms with Crippen molar-refractivity contribution in [3.8, 4) is 0 Å².